The first kappa shape index (κ1) is 12.3. The number of piperidine rings is 1. The maximum Gasteiger partial charge on any atom is 0.0204 e. The van der Waals surface area contributed by atoms with E-state index >= 15 is 0 Å². The molecule has 2 aliphatic heterocycles. The van der Waals surface area contributed by atoms with E-state index in [1.165, 1.54) is 58.4 Å². The molecule has 2 heterocycles. The maximum absolute atomic E-state index is 3.39. The van der Waals surface area contributed by atoms with Crippen LogP contribution in [-0.2, 0) is 0 Å². The molecule has 1 N–H and O–H groups in total. The molecule has 0 aliphatic carbocycles. The van der Waals surface area contributed by atoms with Crippen molar-refractivity contribution in [2.24, 2.45) is 5.92 Å². The van der Waals surface area contributed by atoms with Crippen molar-refractivity contribution in [3.8, 4) is 0 Å². The average Bonchev–Trinajstić information content (AvgIpc) is 2.76. The lowest BCUT2D eigenvalue weighted by molar-refractivity contribution is 0.195. The van der Waals surface area contributed by atoms with Gasteiger partial charge >= 0.3 is 0 Å². The highest BCUT2D eigenvalue weighted by atomic mass is 15.2. The first-order valence-electron chi connectivity index (χ1n) is 6.86. The van der Waals surface area contributed by atoms with Crippen LogP contribution in [0.15, 0.2) is 0 Å². The van der Waals surface area contributed by atoms with Gasteiger partial charge in [-0.2, -0.15) is 0 Å². The van der Waals surface area contributed by atoms with Gasteiger partial charge in [-0.3, -0.25) is 0 Å². The highest BCUT2D eigenvalue weighted by Gasteiger charge is 2.22. The summed E-state index contributed by atoms with van der Waals surface area (Å²) in [6.45, 7) is 6.52. The molecule has 2 rings (SSSR count). The predicted octanol–water partition coefficient (Wildman–Crippen LogP) is 1.01. The second-order valence-corrected chi connectivity index (χ2v) is 5.61. The second-order valence-electron chi connectivity index (χ2n) is 5.61. The lowest BCUT2D eigenvalue weighted by Crippen LogP contribution is -2.33. The Morgan fingerprint density at radius 1 is 1.12 bits per heavy atom. The molecule has 16 heavy (non-hydrogen) atoms. The fourth-order valence-corrected chi connectivity index (χ4v) is 2.99. The Balaban J connectivity index is 1.61. The van der Waals surface area contributed by atoms with Gasteiger partial charge in [-0.15, -0.1) is 0 Å². The van der Waals surface area contributed by atoms with E-state index in [2.05, 4.69) is 29.2 Å². The van der Waals surface area contributed by atoms with Crippen LogP contribution >= 0.6 is 0 Å². The third kappa shape index (κ3) is 3.44. The van der Waals surface area contributed by atoms with Gasteiger partial charge in [-0.05, 0) is 71.9 Å². The van der Waals surface area contributed by atoms with Gasteiger partial charge in [0, 0.05) is 12.6 Å². The molecule has 0 aromatic carbocycles. The molecular formula is C13H27N3. The van der Waals surface area contributed by atoms with E-state index in [9.17, 15) is 0 Å². The van der Waals surface area contributed by atoms with E-state index in [1.807, 2.05) is 0 Å². The molecule has 0 spiro atoms. The van der Waals surface area contributed by atoms with E-state index < -0.39 is 0 Å². The molecule has 0 aromatic heterocycles. The van der Waals surface area contributed by atoms with Crippen LogP contribution in [-0.4, -0.2) is 62.7 Å². The van der Waals surface area contributed by atoms with Crippen molar-refractivity contribution in [2.45, 2.75) is 31.7 Å². The molecular weight excluding hydrogens is 198 g/mol. The van der Waals surface area contributed by atoms with E-state index in [0.29, 0.717) is 0 Å². The van der Waals surface area contributed by atoms with Gasteiger partial charge in [-0.25, -0.2) is 0 Å². The summed E-state index contributed by atoms with van der Waals surface area (Å²) < 4.78 is 0. The van der Waals surface area contributed by atoms with Gasteiger partial charge in [0.2, 0.25) is 0 Å². The van der Waals surface area contributed by atoms with E-state index in [4.69, 9.17) is 0 Å². The molecule has 1 atom stereocenters. The smallest absolute Gasteiger partial charge is 0.0204 e. The molecule has 94 valence electrons. The molecule has 0 bridgehead atoms. The van der Waals surface area contributed by atoms with E-state index in [1.54, 1.807) is 0 Å². The number of hydrogen-bond donors (Lipinski definition) is 1. The lowest BCUT2D eigenvalue weighted by Gasteiger charge is -2.30. The standard InChI is InChI=1S/C13H27N3/c1-14-13-6-10-16(11-13)9-5-12-3-7-15(2)8-4-12/h12-14H,3-11H2,1-2H3. The molecule has 3 heteroatoms. The molecule has 2 saturated heterocycles. The normalized spacial score (nSPS) is 30.0. The topological polar surface area (TPSA) is 18.5 Å². The highest BCUT2D eigenvalue weighted by molar-refractivity contribution is 4.80. The number of rotatable bonds is 4. The van der Waals surface area contributed by atoms with Crippen molar-refractivity contribution in [2.75, 3.05) is 46.8 Å². The zero-order valence-corrected chi connectivity index (χ0v) is 10.9. The average molecular weight is 225 g/mol. The molecule has 2 fully saturated rings. The summed E-state index contributed by atoms with van der Waals surface area (Å²) in [5.74, 6) is 0.991. The number of nitrogens with zero attached hydrogens (tertiary/aromatic N) is 2. The first-order valence-corrected chi connectivity index (χ1v) is 6.86. The Morgan fingerprint density at radius 2 is 1.88 bits per heavy atom. The van der Waals surface area contributed by atoms with Gasteiger partial charge in [0.1, 0.15) is 0 Å². The minimum atomic E-state index is 0.748. The first-order chi connectivity index (χ1) is 7.78. The number of likely N-dealkylation sites (tertiary alicyclic amines) is 2. The minimum Gasteiger partial charge on any atom is -0.316 e. The Morgan fingerprint density at radius 3 is 2.50 bits per heavy atom. The predicted molar refractivity (Wildman–Crippen MR) is 68.7 cm³/mol. The van der Waals surface area contributed by atoms with Crippen LogP contribution in [0.5, 0.6) is 0 Å². The zero-order chi connectivity index (χ0) is 11.4. The van der Waals surface area contributed by atoms with Crippen molar-refractivity contribution in [1.82, 2.24) is 15.1 Å². The lowest BCUT2D eigenvalue weighted by atomic mass is 9.94. The second kappa shape index (κ2) is 5.99. The number of nitrogens with one attached hydrogen (secondary N) is 1. The summed E-state index contributed by atoms with van der Waals surface area (Å²) in [5, 5.41) is 3.39. The van der Waals surface area contributed by atoms with Crippen LogP contribution < -0.4 is 5.32 Å². The summed E-state index contributed by atoms with van der Waals surface area (Å²) in [6, 6.07) is 0.748. The minimum absolute atomic E-state index is 0.748. The van der Waals surface area contributed by atoms with E-state index in [0.717, 1.165) is 12.0 Å². The maximum atomic E-state index is 3.39. The monoisotopic (exact) mass is 225 g/mol. The van der Waals surface area contributed by atoms with Crippen LogP contribution in [0.2, 0.25) is 0 Å². The molecule has 2 aliphatic rings. The summed E-state index contributed by atoms with van der Waals surface area (Å²) >= 11 is 0. The highest BCUT2D eigenvalue weighted by Crippen LogP contribution is 2.20. The fourth-order valence-electron chi connectivity index (χ4n) is 2.99. The molecule has 0 radical (unpaired) electrons. The summed E-state index contributed by atoms with van der Waals surface area (Å²) in [5.41, 5.74) is 0. The van der Waals surface area contributed by atoms with Crippen LogP contribution in [0, 0.1) is 5.92 Å². The Bertz CT molecular complexity index is 197. The largest absolute Gasteiger partial charge is 0.316 e. The van der Waals surface area contributed by atoms with Crippen molar-refractivity contribution in [3.05, 3.63) is 0 Å². The van der Waals surface area contributed by atoms with Crippen LogP contribution in [0.3, 0.4) is 0 Å². The third-order valence-electron chi connectivity index (χ3n) is 4.37. The van der Waals surface area contributed by atoms with Crippen LogP contribution in [0.25, 0.3) is 0 Å². The molecule has 0 saturated carbocycles. The molecule has 0 amide bonds. The Labute approximate surface area is 100 Å². The van der Waals surface area contributed by atoms with Crippen molar-refractivity contribution >= 4 is 0 Å². The zero-order valence-electron chi connectivity index (χ0n) is 10.9. The molecule has 0 aromatic rings. The number of likely N-dealkylation sites (N-methyl/N-ethyl adjacent to an activating group) is 1. The summed E-state index contributed by atoms with van der Waals surface area (Å²) in [4.78, 5) is 5.10. The third-order valence-corrected chi connectivity index (χ3v) is 4.37. The summed E-state index contributed by atoms with van der Waals surface area (Å²) in [7, 11) is 4.33. The van der Waals surface area contributed by atoms with Crippen LogP contribution in [0.4, 0.5) is 0 Å². The van der Waals surface area contributed by atoms with E-state index in [-0.39, 0.29) is 0 Å². The van der Waals surface area contributed by atoms with Crippen molar-refractivity contribution < 1.29 is 0 Å². The molecule has 3 nitrogen and oxygen atoms in total. The summed E-state index contributed by atoms with van der Waals surface area (Å²) in [6.07, 6.45) is 5.59. The SMILES string of the molecule is CNC1CCN(CCC2CCN(C)CC2)C1. The van der Waals surface area contributed by atoms with Gasteiger partial charge in [0.15, 0.2) is 0 Å². The fraction of sp³-hybridized carbons (Fsp3) is 1.00. The van der Waals surface area contributed by atoms with Gasteiger partial charge < -0.3 is 15.1 Å². The van der Waals surface area contributed by atoms with Gasteiger partial charge in [0.05, 0.1) is 0 Å². The quantitative estimate of drug-likeness (QED) is 0.770. The molecule has 1 unspecified atom stereocenters. The van der Waals surface area contributed by atoms with Crippen molar-refractivity contribution in [1.29, 1.82) is 0 Å². The Hall–Kier alpha value is -0.120. The number of hydrogen-bond acceptors (Lipinski definition) is 3. The van der Waals surface area contributed by atoms with Crippen LogP contribution in [0.1, 0.15) is 25.7 Å². The van der Waals surface area contributed by atoms with Crippen molar-refractivity contribution in [3.63, 3.8) is 0 Å². The van der Waals surface area contributed by atoms with Gasteiger partial charge in [-0.1, -0.05) is 0 Å². The van der Waals surface area contributed by atoms with Gasteiger partial charge in [0.25, 0.3) is 0 Å². The Kier molecular flexibility index (Phi) is 4.62.